The van der Waals surface area contributed by atoms with E-state index in [1.807, 2.05) is 66.7 Å². The van der Waals surface area contributed by atoms with Gasteiger partial charge in [-0.05, 0) is 42.0 Å². The van der Waals surface area contributed by atoms with Crippen molar-refractivity contribution in [3.8, 4) is 0 Å². The SMILES string of the molecule is CCC(=O)Nc1ccc(N(Cc2ccccc2)C(=O)n2nnc3ccccc32)cc1. The Balaban J connectivity index is 1.69. The molecule has 0 saturated heterocycles. The third-order valence-corrected chi connectivity index (χ3v) is 4.73. The number of amides is 2. The molecule has 1 heterocycles. The van der Waals surface area contributed by atoms with Gasteiger partial charge in [-0.2, -0.15) is 4.68 Å². The van der Waals surface area contributed by atoms with Crippen LogP contribution in [0.5, 0.6) is 0 Å². The van der Waals surface area contributed by atoms with Gasteiger partial charge in [0, 0.05) is 17.8 Å². The van der Waals surface area contributed by atoms with Crippen molar-refractivity contribution in [2.45, 2.75) is 19.9 Å². The number of benzene rings is 3. The quantitative estimate of drug-likeness (QED) is 0.537. The van der Waals surface area contributed by atoms with Crippen molar-refractivity contribution in [3.05, 3.63) is 84.4 Å². The number of hydrogen-bond donors (Lipinski definition) is 1. The number of carbonyl (C=O) groups excluding carboxylic acids is 2. The van der Waals surface area contributed by atoms with E-state index < -0.39 is 0 Å². The summed E-state index contributed by atoms with van der Waals surface area (Å²) in [6.45, 7) is 2.17. The molecule has 0 bridgehead atoms. The molecule has 2 amide bonds. The molecule has 30 heavy (non-hydrogen) atoms. The molecular formula is C23H21N5O2. The molecule has 0 unspecified atom stereocenters. The number of hydrogen-bond acceptors (Lipinski definition) is 4. The van der Waals surface area contributed by atoms with Crippen LogP contribution in [0.4, 0.5) is 16.2 Å². The molecule has 7 heteroatoms. The molecule has 0 atom stereocenters. The lowest BCUT2D eigenvalue weighted by Crippen LogP contribution is -2.35. The van der Waals surface area contributed by atoms with Crippen LogP contribution in [0.15, 0.2) is 78.9 Å². The Hall–Kier alpha value is -4.00. The Kier molecular flexibility index (Phi) is 5.52. The van der Waals surface area contributed by atoms with Gasteiger partial charge in [0.1, 0.15) is 5.52 Å². The first-order valence-corrected chi connectivity index (χ1v) is 9.72. The van der Waals surface area contributed by atoms with Crippen LogP contribution < -0.4 is 10.2 Å². The first-order valence-electron chi connectivity index (χ1n) is 9.72. The van der Waals surface area contributed by atoms with Gasteiger partial charge in [0.25, 0.3) is 0 Å². The van der Waals surface area contributed by atoms with E-state index >= 15 is 0 Å². The van der Waals surface area contributed by atoms with Gasteiger partial charge in [-0.15, -0.1) is 5.10 Å². The lowest BCUT2D eigenvalue weighted by atomic mass is 10.2. The van der Waals surface area contributed by atoms with E-state index in [4.69, 9.17) is 0 Å². The molecule has 4 aromatic rings. The number of para-hydroxylation sites is 1. The van der Waals surface area contributed by atoms with E-state index in [1.165, 1.54) is 4.68 Å². The van der Waals surface area contributed by atoms with E-state index in [0.717, 1.165) is 5.56 Å². The molecule has 0 aliphatic heterocycles. The Labute approximate surface area is 173 Å². The summed E-state index contributed by atoms with van der Waals surface area (Å²) in [6, 6.07) is 24.0. The van der Waals surface area contributed by atoms with Crippen LogP contribution in [0.1, 0.15) is 18.9 Å². The largest absolute Gasteiger partial charge is 0.351 e. The van der Waals surface area contributed by atoms with Gasteiger partial charge in [-0.1, -0.05) is 54.6 Å². The molecule has 0 aliphatic rings. The molecule has 4 rings (SSSR count). The first-order chi connectivity index (χ1) is 14.7. The summed E-state index contributed by atoms with van der Waals surface area (Å²) in [7, 11) is 0. The summed E-state index contributed by atoms with van der Waals surface area (Å²) < 4.78 is 1.31. The summed E-state index contributed by atoms with van der Waals surface area (Å²) in [6.07, 6.45) is 0.403. The molecule has 0 saturated carbocycles. The Morgan fingerprint density at radius 2 is 1.63 bits per heavy atom. The molecule has 150 valence electrons. The summed E-state index contributed by atoms with van der Waals surface area (Å²) in [5.74, 6) is -0.0611. The summed E-state index contributed by atoms with van der Waals surface area (Å²) in [5, 5.41) is 11.0. The molecule has 0 spiro atoms. The lowest BCUT2D eigenvalue weighted by molar-refractivity contribution is -0.115. The van der Waals surface area contributed by atoms with Crippen LogP contribution in [-0.4, -0.2) is 26.9 Å². The van der Waals surface area contributed by atoms with Gasteiger partial charge in [0.2, 0.25) is 5.91 Å². The molecule has 3 aromatic carbocycles. The summed E-state index contributed by atoms with van der Waals surface area (Å²) >= 11 is 0. The van der Waals surface area contributed by atoms with Gasteiger partial charge in [0.15, 0.2) is 0 Å². The van der Waals surface area contributed by atoms with Crippen molar-refractivity contribution in [1.82, 2.24) is 15.0 Å². The minimum atomic E-state index is -0.308. The molecule has 7 nitrogen and oxygen atoms in total. The van der Waals surface area contributed by atoms with Gasteiger partial charge < -0.3 is 5.32 Å². The van der Waals surface area contributed by atoms with Crippen LogP contribution in [0.25, 0.3) is 11.0 Å². The Bertz CT molecular complexity index is 1170. The average molecular weight is 399 g/mol. The molecule has 0 radical (unpaired) electrons. The zero-order valence-corrected chi connectivity index (χ0v) is 16.5. The van der Waals surface area contributed by atoms with Crippen molar-refractivity contribution < 1.29 is 9.59 Å². The molecular weight excluding hydrogens is 378 g/mol. The number of rotatable bonds is 5. The third-order valence-electron chi connectivity index (χ3n) is 4.73. The molecule has 1 N–H and O–H groups in total. The van der Waals surface area contributed by atoms with E-state index in [0.29, 0.717) is 35.4 Å². The number of carbonyl (C=O) groups is 2. The molecule has 0 fully saturated rings. The van der Waals surface area contributed by atoms with Crippen LogP contribution in [-0.2, 0) is 11.3 Å². The minimum Gasteiger partial charge on any atom is -0.326 e. The lowest BCUT2D eigenvalue weighted by Gasteiger charge is -2.23. The van der Waals surface area contributed by atoms with Crippen molar-refractivity contribution in [2.24, 2.45) is 0 Å². The van der Waals surface area contributed by atoms with Crippen LogP contribution in [0.2, 0.25) is 0 Å². The smallest absolute Gasteiger partial charge is 0.326 e. The van der Waals surface area contributed by atoms with Gasteiger partial charge in [-0.3, -0.25) is 9.69 Å². The fourth-order valence-corrected chi connectivity index (χ4v) is 3.13. The average Bonchev–Trinajstić information content (AvgIpc) is 3.22. The number of aromatic nitrogens is 3. The zero-order chi connectivity index (χ0) is 20.9. The van der Waals surface area contributed by atoms with E-state index in [1.54, 1.807) is 24.0 Å². The van der Waals surface area contributed by atoms with Gasteiger partial charge in [-0.25, -0.2) is 4.79 Å². The number of anilines is 2. The maximum Gasteiger partial charge on any atom is 0.351 e. The van der Waals surface area contributed by atoms with Gasteiger partial charge >= 0.3 is 6.03 Å². The van der Waals surface area contributed by atoms with E-state index in [2.05, 4.69) is 15.6 Å². The highest BCUT2D eigenvalue weighted by molar-refractivity contribution is 5.98. The zero-order valence-electron chi connectivity index (χ0n) is 16.5. The second kappa shape index (κ2) is 8.57. The second-order valence-corrected chi connectivity index (χ2v) is 6.79. The predicted octanol–water partition coefficient (Wildman–Crippen LogP) is 4.45. The topological polar surface area (TPSA) is 80.1 Å². The standard InChI is InChI=1S/C23H21N5O2/c1-2-22(29)24-18-12-14-19(15-13-18)27(16-17-8-4-3-5-9-17)23(30)28-21-11-7-6-10-20(21)25-26-28/h3-15H,2,16H2,1H3,(H,24,29). The normalized spacial score (nSPS) is 10.7. The van der Waals surface area contributed by atoms with E-state index in [-0.39, 0.29) is 11.9 Å². The van der Waals surface area contributed by atoms with Crippen molar-refractivity contribution in [2.75, 3.05) is 10.2 Å². The second-order valence-electron chi connectivity index (χ2n) is 6.79. The van der Waals surface area contributed by atoms with Crippen molar-refractivity contribution in [1.29, 1.82) is 0 Å². The highest BCUT2D eigenvalue weighted by Gasteiger charge is 2.21. The third kappa shape index (κ3) is 4.05. The Morgan fingerprint density at radius 1 is 0.933 bits per heavy atom. The molecule has 1 aromatic heterocycles. The first kappa shape index (κ1) is 19.3. The monoisotopic (exact) mass is 399 g/mol. The van der Waals surface area contributed by atoms with Crippen LogP contribution in [0.3, 0.4) is 0 Å². The predicted molar refractivity (Wildman–Crippen MR) is 116 cm³/mol. The van der Waals surface area contributed by atoms with E-state index in [9.17, 15) is 9.59 Å². The van der Waals surface area contributed by atoms with Crippen LogP contribution in [0, 0.1) is 0 Å². The number of fused-ring (bicyclic) bond motifs is 1. The Morgan fingerprint density at radius 3 is 2.37 bits per heavy atom. The highest BCUT2D eigenvalue weighted by Crippen LogP contribution is 2.22. The summed E-state index contributed by atoms with van der Waals surface area (Å²) in [5.41, 5.74) is 3.66. The summed E-state index contributed by atoms with van der Waals surface area (Å²) in [4.78, 5) is 26.7. The fourth-order valence-electron chi connectivity index (χ4n) is 3.13. The van der Waals surface area contributed by atoms with Crippen LogP contribution >= 0.6 is 0 Å². The number of nitrogens with zero attached hydrogens (tertiary/aromatic N) is 4. The fraction of sp³-hybridized carbons (Fsp3) is 0.130. The van der Waals surface area contributed by atoms with Crippen molar-refractivity contribution in [3.63, 3.8) is 0 Å². The minimum absolute atomic E-state index is 0.0611. The molecule has 0 aliphatic carbocycles. The van der Waals surface area contributed by atoms with Crippen molar-refractivity contribution >= 4 is 34.3 Å². The maximum absolute atomic E-state index is 13.5. The highest BCUT2D eigenvalue weighted by atomic mass is 16.2. The maximum atomic E-state index is 13.5. The van der Waals surface area contributed by atoms with Gasteiger partial charge in [0.05, 0.1) is 12.1 Å². The number of nitrogens with one attached hydrogen (secondary N) is 1.